The number of hydrogen-bond donors (Lipinski definition) is 0. The van der Waals surface area contributed by atoms with Crippen molar-refractivity contribution < 1.29 is 61.4 Å². The lowest BCUT2D eigenvalue weighted by molar-refractivity contribution is 0.307. The molecule has 3 saturated carbocycles. The molecule has 0 saturated heterocycles. The summed E-state index contributed by atoms with van der Waals surface area (Å²) >= 11 is 0. The Morgan fingerprint density at radius 2 is 0.587 bits per heavy atom. The first-order chi connectivity index (χ1) is 35.9. The molecule has 0 aliphatic heterocycles. The largest absolute Gasteiger partial charge is 0.206 e. The molecule has 0 amide bonds. The van der Waals surface area contributed by atoms with E-state index in [1.165, 1.54) is 74.8 Å². The van der Waals surface area contributed by atoms with E-state index in [1.54, 1.807) is 0 Å². The fourth-order valence-electron chi connectivity index (χ4n) is 11.6. The molecule has 6 aromatic carbocycles. The monoisotopic (exact) mass is 1060 g/mol. The summed E-state index contributed by atoms with van der Waals surface area (Å²) in [5, 5.41) is 0. The summed E-state index contributed by atoms with van der Waals surface area (Å²) in [7, 11) is 0. The van der Waals surface area contributed by atoms with Crippen molar-refractivity contribution >= 4 is 0 Å². The standard InChI is InChI=1S/C21H21F5.C21H23F3.C20H19F5.3H2/c1-2-3-12-4-6-13(7-5-12)14-8-16(22)20(17(23)9-14)15-10-18(24)21(26)19(25)11-15;1-2-3-14-4-6-15(7-5-14)16-8-10-17(11-9-16)18-12-19(22)21(24)20(23)13-18;1-2-11-3-5-12(6-4-11)13-7-15(21)19(16(22)8-13)14-9-17(23)20(25)18(24)10-14;;;/h8-13H,2-7H2,1H3;8-15H,2-7H2,1H3;7-12H,2-6H2,1H3;3*1H. The van der Waals surface area contributed by atoms with Gasteiger partial charge in [0.1, 0.15) is 23.3 Å². The van der Waals surface area contributed by atoms with Gasteiger partial charge in [-0.1, -0.05) is 77.1 Å². The summed E-state index contributed by atoms with van der Waals surface area (Å²) < 4.78 is 178. The third kappa shape index (κ3) is 14.1. The highest BCUT2D eigenvalue weighted by molar-refractivity contribution is 5.67. The van der Waals surface area contributed by atoms with Gasteiger partial charge in [0.25, 0.3) is 0 Å². The number of hydrogen-bond acceptors (Lipinski definition) is 0. The summed E-state index contributed by atoms with van der Waals surface area (Å²) in [4.78, 5) is 0. The van der Waals surface area contributed by atoms with E-state index in [1.807, 2.05) is 24.3 Å². The first kappa shape index (κ1) is 57.1. The molecule has 408 valence electrons. The molecule has 0 aromatic heterocycles. The van der Waals surface area contributed by atoms with E-state index in [0.717, 1.165) is 82.3 Å². The van der Waals surface area contributed by atoms with Crippen LogP contribution in [0.2, 0.25) is 0 Å². The lowest BCUT2D eigenvalue weighted by Crippen LogP contribution is -2.13. The second-order valence-electron chi connectivity index (χ2n) is 20.7. The van der Waals surface area contributed by atoms with Crippen LogP contribution in [0.4, 0.5) is 57.1 Å². The minimum atomic E-state index is -1.66. The fraction of sp³-hybridized carbons (Fsp3) is 0.419. The molecule has 6 aromatic rings. The molecule has 0 atom stereocenters. The average Bonchev–Trinajstić information content (AvgIpc) is 3.44. The summed E-state index contributed by atoms with van der Waals surface area (Å²) in [6.07, 6.45) is 18.6. The second-order valence-corrected chi connectivity index (χ2v) is 20.7. The average molecular weight is 1060 g/mol. The van der Waals surface area contributed by atoms with Gasteiger partial charge in [-0.15, -0.1) is 0 Å². The van der Waals surface area contributed by atoms with Crippen molar-refractivity contribution in [3.05, 3.63) is 177 Å². The topological polar surface area (TPSA) is 0 Å². The maximum Gasteiger partial charge on any atom is 0.194 e. The lowest BCUT2D eigenvalue weighted by atomic mass is 9.77. The molecular weight excluding hydrogens is 992 g/mol. The quantitative estimate of drug-likeness (QED) is 0.0896. The number of halogens is 13. The van der Waals surface area contributed by atoms with Crippen molar-refractivity contribution in [1.29, 1.82) is 0 Å². The van der Waals surface area contributed by atoms with Crippen LogP contribution in [0.5, 0.6) is 0 Å². The van der Waals surface area contributed by atoms with E-state index < -0.39 is 86.8 Å². The van der Waals surface area contributed by atoms with Crippen LogP contribution in [0.25, 0.3) is 33.4 Å². The van der Waals surface area contributed by atoms with Crippen LogP contribution in [0.3, 0.4) is 0 Å². The Kier molecular flexibility index (Phi) is 19.8. The summed E-state index contributed by atoms with van der Waals surface area (Å²) in [6.45, 7) is 6.53. The first-order valence-electron chi connectivity index (χ1n) is 26.4. The SMILES string of the molecule is CCC1CCC(c2cc(F)c(-c3cc(F)c(F)c(F)c3)c(F)c2)CC1.CCCC1CCC(c2cc(F)c(-c3cc(F)c(F)c(F)c3)c(F)c2)CC1.CCCC1CCC(c2ccc(-c3cc(F)c(F)c(F)c3)cc2)CC1.[HH].[HH].[HH]. The van der Waals surface area contributed by atoms with Crippen LogP contribution in [-0.2, 0) is 0 Å². The van der Waals surface area contributed by atoms with Crippen molar-refractivity contribution in [3.8, 4) is 33.4 Å². The maximum absolute atomic E-state index is 14.5. The Morgan fingerprint density at radius 3 is 0.880 bits per heavy atom. The zero-order valence-electron chi connectivity index (χ0n) is 42.5. The van der Waals surface area contributed by atoms with Gasteiger partial charge in [-0.05, 0) is 212 Å². The van der Waals surface area contributed by atoms with Gasteiger partial charge in [-0.25, -0.2) is 57.1 Å². The molecule has 3 aliphatic carbocycles. The molecule has 0 heterocycles. The molecule has 3 fully saturated rings. The Balaban J connectivity index is 0.000000248. The summed E-state index contributed by atoms with van der Waals surface area (Å²) in [5.41, 5.74) is 1.72. The van der Waals surface area contributed by atoms with E-state index in [4.69, 9.17) is 0 Å². The van der Waals surface area contributed by atoms with E-state index >= 15 is 0 Å². The van der Waals surface area contributed by atoms with Crippen LogP contribution in [0.15, 0.2) is 84.9 Å². The Bertz CT molecular complexity index is 2770. The van der Waals surface area contributed by atoms with Crippen molar-refractivity contribution in [3.63, 3.8) is 0 Å². The Morgan fingerprint density at radius 1 is 0.307 bits per heavy atom. The third-order valence-electron chi connectivity index (χ3n) is 15.8. The molecule has 0 N–H and O–H groups in total. The molecule has 0 nitrogen and oxygen atoms in total. The van der Waals surface area contributed by atoms with Crippen LogP contribution in [0, 0.1) is 93.4 Å². The Hall–Kier alpha value is -5.59. The van der Waals surface area contributed by atoms with E-state index in [-0.39, 0.29) is 27.2 Å². The normalized spacial score (nSPS) is 20.7. The lowest BCUT2D eigenvalue weighted by Gasteiger charge is -2.29. The van der Waals surface area contributed by atoms with Crippen molar-refractivity contribution in [2.24, 2.45) is 17.8 Å². The fourth-order valence-corrected chi connectivity index (χ4v) is 11.6. The molecule has 0 bridgehead atoms. The third-order valence-corrected chi connectivity index (χ3v) is 15.8. The molecule has 75 heavy (non-hydrogen) atoms. The zero-order chi connectivity index (χ0) is 54.1. The van der Waals surface area contributed by atoms with Crippen molar-refractivity contribution in [2.75, 3.05) is 0 Å². The van der Waals surface area contributed by atoms with Gasteiger partial charge in [0, 0.05) is 4.28 Å². The summed E-state index contributed by atoms with van der Waals surface area (Å²) in [6, 6.07) is 17.3. The number of benzene rings is 6. The minimum Gasteiger partial charge on any atom is -0.206 e. The predicted octanol–water partition coefficient (Wildman–Crippen LogP) is 21.4. The molecule has 0 radical (unpaired) electrons. The van der Waals surface area contributed by atoms with Crippen molar-refractivity contribution in [2.45, 2.75) is 148 Å². The second kappa shape index (κ2) is 26.0. The predicted molar refractivity (Wildman–Crippen MR) is 276 cm³/mol. The van der Waals surface area contributed by atoms with Gasteiger partial charge in [0.05, 0.1) is 11.1 Å². The molecule has 3 aliphatic rings. The zero-order valence-corrected chi connectivity index (χ0v) is 42.5. The van der Waals surface area contributed by atoms with Crippen molar-refractivity contribution in [1.82, 2.24) is 0 Å². The maximum atomic E-state index is 14.5. The van der Waals surface area contributed by atoms with E-state index in [2.05, 4.69) is 20.8 Å². The molecular formula is C62H69F13. The van der Waals surface area contributed by atoms with Gasteiger partial charge in [-0.3, -0.25) is 0 Å². The highest BCUT2D eigenvalue weighted by Crippen LogP contribution is 2.42. The van der Waals surface area contributed by atoms with Crippen LogP contribution >= 0.6 is 0 Å². The summed E-state index contributed by atoms with van der Waals surface area (Å²) in [5.74, 6) is -13.5. The highest BCUT2D eigenvalue weighted by Gasteiger charge is 2.28. The van der Waals surface area contributed by atoms with Gasteiger partial charge in [0.15, 0.2) is 52.4 Å². The van der Waals surface area contributed by atoms with Gasteiger partial charge in [-0.2, -0.15) is 0 Å². The van der Waals surface area contributed by atoms with Gasteiger partial charge < -0.3 is 0 Å². The molecule has 9 rings (SSSR count). The van der Waals surface area contributed by atoms with Crippen LogP contribution < -0.4 is 0 Å². The highest BCUT2D eigenvalue weighted by atomic mass is 19.2. The molecule has 0 spiro atoms. The van der Waals surface area contributed by atoms with E-state index in [9.17, 15) is 57.1 Å². The van der Waals surface area contributed by atoms with Gasteiger partial charge in [0.2, 0.25) is 0 Å². The Labute approximate surface area is 436 Å². The minimum absolute atomic E-state index is 0. The number of rotatable bonds is 11. The molecule has 13 heteroatoms. The van der Waals surface area contributed by atoms with E-state index in [0.29, 0.717) is 64.3 Å². The van der Waals surface area contributed by atoms with Crippen LogP contribution in [-0.4, -0.2) is 0 Å². The van der Waals surface area contributed by atoms with Crippen LogP contribution in [0.1, 0.15) is 169 Å². The smallest absolute Gasteiger partial charge is 0.194 e. The van der Waals surface area contributed by atoms with Gasteiger partial charge >= 0.3 is 0 Å². The molecule has 0 unspecified atom stereocenters. The first-order valence-corrected chi connectivity index (χ1v) is 26.4.